The van der Waals surface area contributed by atoms with Gasteiger partial charge in [-0.15, -0.1) is 11.3 Å². The van der Waals surface area contributed by atoms with Gasteiger partial charge in [0.1, 0.15) is 11.5 Å². The Morgan fingerprint density at radius 2 is 1.89 bits per heavy atom. The molecule has 3 aromatic rings. The third-order valence-electron chi connectivity index (χ3n) is 6.73. The fraction of sp³-hybridized carbons (Fsp3) is 0.440. The molecular weight excluding hydrogens is 481 g/mol. The number of halogens is 1. The van der Waals surface area contributed by atoms with Crippen LogP contribution in [0.1, 0.15) is 22.4 Å². The van der Waals surface area contributed by atoms with Crippen LogP contribution in [0.25, 0.3) is 11.1 Å². The number of anilines is 3. The molecule has 190 valence electrons. The minimum Gasteiger partial charge on any atom is -0.378 e. The van der Waals surface area contributed by atoms with Gasteiger partial charge in [-0.2, -0.15) is 0 Å². The van der Waals surface area contributed by atoms with E-state index >= 15 is 4.39 Å². The van der Waals surface area contributed by atoms with Crippen LogP contribution < -0.4 is 15.1 Å². The second kappa shape index (κ2) is 10.5. The molecule has 1 N–H and O–H groups in total. The van der Waals surface area contributed by atoms with E-state index in [9.17, 15) is 4.79 Å². The Morgan fingerprint density at radius 3 is 2.56 bits per heavy atom. The molecule has 11 heteroatoms. The fourth-order valence-corrected chi connectivity index (χ4v) is 5.05. The number of piperazine rings is 1. The van der Waals surface area contributed by atoms with Crippen molar-refractivity contribution in [3.8, 4) is 11.1 Å². The number of carbonyl (C=O) groups excluding carboxylic acids is 1. The molecule has 1 atom stereocenters. The van der Waals surface area contributed by atoms with Crippen molar-refractivity contribution in [3.63, 3.8) is 0 Å². The van der Waals surface area contributed by atoms with Crippen LogP contribution in [-0.4, -0.2) is 84.8 Å². The minimum absolute atomic E-state index is 0.298. The zero-order valence-electron chi connectivity index (χ0n) is 20.7. The highest BCUT2D eigenvalue weighted by atomic mass is 32.1. The number of hydrogen-bond acceptors (Lipinski definition) is 9. The molecule has 1 aromatic carbocycles. The molecule has 2 saturated heterocycles. The first kappa shape index (κ1) is 24.5. The van der Waals surface area contributed by atoms with Crippen molar-refractivity contribution >= 4 is 34.6 Å². The number of aryl methyl sites for hydroxylation is 1. The molecule has 2 fully saturated rings. The molecule has 0 radical (unpaired) electrons. The predicted octanol–water partition coefficient (Wildman–Crippen LogP) is 3.28. The van der Waals surface area contributed by atoms with Crippen LogP contribution in [-0.2, 0) is 4.74 Å². The number of rotatable bonds is 5. The molecule has 0 bridgehead atoms. The molecule has 0 unspecified atom stereocenters. The lowest BCUT2D eigenvalue weighted by Crippen LogP contribution is -2.50. The van der Waals surface area contributed by atoms with Crippen molar-refractivity contribution in [2.24, 2.45) is 0 Å². The van der Waals surface area contributed by atoms with E-state index in [1.807, 2.05) is 11.8 Å². The van der Waals surface area contributed by atoms with E-state index in [2.05, 4.69) is 44.0 Å². The largest absolute Gasteiger partial charge is 0.378 e. The van der Waals surface area contributed by atoms with Crippen molar-refractivity contribution in [1.82, 2.24) is 19.9 Å². The Kier molecular flexibility index (Phi) is 7.13. The van der Waals surface area contributed by atoms with Crippen LogP contribution >= 0.6 is 11.3 Å². The van der Waals surface area contributed by atoms with Crippen LogP contribution in [0, 0.1) is 12.7 Å². The van der Waals surface area contributed by atoms with Gasteiger partial charge < -0.3 is 24.8 Å². The number of morpholine rings is 1. The highest BCUT2D eigenvalue weighted by molar-refractivity contribution is 7.09. The zero-order valence-corrected chi connectivity index (χ0v) is 21.5. The number of likely N-dealkylation sites (N-methyl/N-ethyl adjacent to an activating group) is 1. The van der Waals surface area contributed by atoms with Gasteiger partial charge in [-0.3, -0.25) is 4.79 Å². The SMILES string of the molecule is Cc1nc(C(=O)Nc2cc(-c3cnc(N4CCOCC4)nc3)c(F)cc2N2CCN(C)[C@H](C)C2)cs1. The maximum atomic E-state index is 15.5. The van der Waals surface area contributed by atoms with Crippen LogP contribution in [0.15, 0.2) is 29.9 Å². The third-order valence-corrected chi connectivity index (χ3v) is 7.50. The van der Waals surface area contributed by atoms with Gasteiger partial charge in [0.25, 0.3) is 5.91 Å². The summed E-state index contributed by atoms with van der Waals surface area (Å²) in [4.78, 5) is 32.7. The molecule has 0 aliphatic carbocycles. The molecule has 0 spiro atoms. The van der Waals surface area contributed by atoms with Crippen molar-refractivity contribution in [2.45, 2.75) is 19.9 Å². The molecule has 1 amide bonds. The number of ether oxygens (including phenoxy) is 1. The molecular formula is C25H30FN7O2S. The lowest BCUT2D eigenvalue weighted by Gasteiger charge is -2.39. The molecule has 2 aliphatic heterocycles. The number of carbonyl (C=O) groups is 1. The molecule has 2 aliphatic rings. The van der Waals surface area contributed by atoms with Gasteiger partial charge in [-0.25, -0.2) is 19.3 Å². The average molecular weight is 512 g/mol. The predicted molar refractivity (Wildman–Crippen MR) is 140 cm³/mol. The number of aromatic nitrogens is 3. The van der Waals surface area contributed by atoms with E-state index in [1.165, 1.54) is 17.4 Å². The van der Waals surface area contributed by atoms with Gasteiger partial charge >= 0.3 is 0 Å². The van der Waals surface area contributed by atoms with E-state index in [-0.39, 0.29) is 11.7 Å². The second-order valence-electron chi connectivity index (χ2n) is 9.20. The molecule has 9 nitrogen and oxygen atoms in total. The average Bonchev–Trinajstić information content (AvgIpc) is 3.33. The standard InChI is InChI=1S/C25H30FN7O2S/c1-16-14-33(5-4-31(16)3)23-11-20(26)19(10-21(23)30-24(34)22-15-36-17(2)29-22)18-12-27-25(28-13-18)32-6-8-35-9-7-32/h10-13,15-16H,4-9,14H2,1-3H3,(H,30,34)/t16-/m1/s1. The molecule has 0 saturated carbocycles. The summed E-state index contributed by atoms with van der Waals surface area (Å²) in [7, 11) is 2.08. The summed E-state index contributed by atoms with van der Waals surface area (Å²) in [6, 6.07) is 3.48. The molecule has 36 heavy (non-hydrogen) atoms. The molecule has 5 rings (SSSR count). The summed E-state index contributed by atoms with van der Waals surface area (Å²) >= 11 is 1.42. The number of nitrogens with one attached hydrogen (secondary N) is 1. The third kappa shape index (κ3) is 5.18. The van der Waals surface area contributed by atoms with Crippen molar-refractivity contribution in [1.29, 1.82) is 0 Å². The van der Waals surface area contributed by atoms with Gasteiger partial charge in [-0.1, -0.05) is 0 Å². The monoisotopic (exact) mass is 511 g/mol. The summed E-state index contributed by atoms with van der Waals surface area (Å²) in [6.07, 6.45) is 3.26. The Hall–Kier alpha value is -3.15. The number of amides is 1. The van der Waals surface area contributed by atoms with Crippen LogP contribution in [0.5, 0.6) is 0 Å². The van der Waals surface area contributed by atoms with E-state index in [4.69, 9.17) is 4.74 Å². The highest BCUT2D eigenvalue weighted by Gasteiger charge is 2.25. The van der Waals surface area contributed by atoms with Gasteiger partial charge in [0.15, 0.2) is 0 Å². The Balaban J connectivity index is 1.48. The summed E-state index contributed by atoms with van der Waals surface area (Å²) in [5, 5.41) is 5.52. The number of hydrogen-bond donors (Lipinski definition) is 1. The lowest BCUT2D eigenvalue weighted by atomic mass is 10.0. The Bertz CT molecular complexity index is 1230. The minimum atomic E-state index is -0.387. The number of benzene rings is 1. The quantitative estimate of drug-likeness (QED) is 0.559. The second-order valence-corrected chi connectivity index (χ2v) is 10.3. The van der Waals surface area contributed by atoms with Gasteiger partial charge in [-0.05, 0) is 33.0 Å². The first-order valence-corrected chi connectivity index (χ1v) is 12.9. The zero-order chi connectivity index (χ0) is 25.2. The summed E-state index contributed by atoms with van der Waals surface area (Å²) in [6.45, 7) is 9.01. The van der Waals surface area contributed by atoms with E-state index in [0.717, 1.165) is 37.7 Å². The summed E-state index contributed by atoms with van der Waals surface area (Å²) in [5.41, 5.74) is 2.42. The first-order valence-electron chi connectivity index (χ1n) is 12.1. The van der Waals surface area contributed by atoms with E-state index in [0.29, 0.717) is 53.4 Å². The maximum Gasteiger partial charge on any atom is 0.275 e. The Morgan fingerprint density at radius 1 is 1.14 bits per heavy atom. The normalized spacial score (nSPS) is 18.9. The van der Waals surface area contributed by atoms with E-state index < -0.39 is 0 Å². The van der Waals surface area contributed by atoms with Gasteiger partial charge in [0, 0.05) is 67.7 Å². The van der Waals surface area contributed by atoms with Crippen LogP contribution in [0.4, 0.5) is 21.7 Å². The fourth-order valence-electron chi connectivity index (χ4n) is 4.45. The first-order chi connectivity index (χ1) is 17.4. The topological polar surface area (TPSA) is 86.7 Å². The van der Waals surface area contributed by atoms with Crippen molar-refractivity contribution in [3.05, 3.63) is 46.4 Å². The number of nitrogens with zero attached hydrogens (tertiary/aromatic N) is 6. The smallest absolute Gasteiger partial charge is 0.275 e. The summed E-state index contributed by atoms with van der Waals surface area (Å²) in [5.74, 6) is -0.112. The van der Waals surface area contributed by atoms with E-state index in [1.54, 1.807) is 23.8 Å². The molecule has 2 aromatic heterocycles. The lowest BCUT2D eigenvalue weighted by molar-refractivity contribution is 0.102. The van der Waals surface area contributed by atoms with Gasteiger partial charge in [0.2, 0.25) is 5.95 Å². The van der Waals surface area contributed by atoms with Crippen LogP contribution in [0.3, 0.4) is 0 Å². The summed E-state index contributed by atoms with van der Waals surface area (Å²) < 4.78 is 20.9. The number of thiazole rings is 1. The van der Waals surface area contributed by atoms with Crippen LogP contribution in [0.2, 0.25) is 0 Å². The van der Waals surface area contributed by atoms with Crippen molar-refractivity contribution in [2.75, 3.05) is 68.1 Å². The highest BCUT2D eigenvalue weighted by Crippen LogP contribution is 2.35. The maximum absolute atomic E-state index is 15.5. The molecule has 4 heterocycles. The Labute approximate surface area is 213 Å². The van der Waals surface area contributed by atoms with Crippen molar-refractivity contribution < 1.29 is 13.9 Å². The van der Waals surface area contributed by atoms with Gasteiger partial charge in [0.05, 0.1) is 29.6 Å².